The van der Waals surface area contributed by atoms with Crippen LogP contribution in [0.2, 0.25) is 0 Å². The molecule has 4 heteroatoms. The second-order valence-corrected chi connectivity index (χ2v) is 5.22. The number of aliphatic hydroxyl groups excluding tert-OH is 2. The third-order valence-electron chi connectivity index (χ3n) is 3.82. The summed E-state index contributed by atoms with van der Waals surface area (Å²) in [4.78, 5) is 0. The van der Waals surface area contributed by atoms with Crippen LogP contribution in [0, 0.1) is 11.3 Å². The van der Waals surface area contributed by atoms with Crippen LogP contribution in [0.1, 0.15) is 36.5 Å². The monoisotopic (exact) mass is 260 g/mol. The van der Waals surface area contributed by atoms with Gasteiger partial charge in [-0.15, -0.1) is 0 Å². The summed E-state index contributed by atoms with van der Waals surface area (Å²) in [6.07, 6.45) is 0.678. The van der Waals surface area contributed by atoms with Gasteiger partial charge in [-0.2, -0.15) is 5.26 Å². The predicted molar refractivity (Wildman–Crippen MR) is 72.5 cm³/mol. The van der Waals surface area contributed by atoms with Gasteiger partial charge < -0.3 is 15.5 Å². The first kappa shape index (κ1) is 14.0. The molecule has 0 spiro atoms. The summed E-state index contributed by atoms with van der Waals surface area (Å²) in [5.74, 6) is 0. The highest BCUT2D eigenvalue weighted by molar-refractivity contribution is 5.40. The lowest BCUT2D eigenvalue weighted by molar-refractivity contribution is 0.0140. The zero-order valence-corrected chi connectivity index (χ0v) is 11.1. The van der Waals surface area contributed by atoms with Gasteiger partial charge in [0.25, 0.3) is 0 Å². The Labute approximate surface area is 113 Å². The van der Waals surface area contributed by atoms with Crippen molar-refractivity contribution in [2.24, 2.45) is 0 Å². The van der Waals surface area contributed by atoms with Gasteiger partial charge in [0.2, 0.25) is 0 Å². The molecule has 3 N–H and O–H groups in total. The molecule has 1 aromatic carbocycles. The second kappa shape index (κ2) is 5.70. The fourth-order valence-electron chi connectivity index (χ4n) is 2.26. The van der Waals surface area contributed by atoms with Gasteiger partial charge in [0, 0.05) is 0 Å². The van der Waals surface area contributed by atoms with Crippen molar-refractivity contribution in [3.8, 4) is 6.07 Å². The van der Waals surface area contributed by atoms with Crippen LogP contribution in [0.25, 0.3) is 0 Å². The normalized spacial score (nSPS) is 19.5. The first-order valence-electron chi connectivity index (χ1n) is 6.65. The van der Waals surface area contributed by atoms with Crippen LogP contribution in [0.15, 0.2) is 24.3 Å². The number of hydrogen-bond donors (Lipinski definition) is 3. The summed E-state index contributed by atoms with van der Waals surface area (Å²) in [5.41, 5.74) is 1.41. The van der Waals surface area contributed by atoms with Crippen molar-refractivity contribution >= 4 is 0 Å². The molecule has 0 amide bonds. The molecule has 4 nitrogen and oxygen atoms in total. The summed E-state index contributed by atoms with van der Waals surface area (Å²) in [6, 6.07) is 9.74. The van der Waals surface area contributed by atoms with Gasteiger partial charge in [-0.25, -0.2) is 0 Å². The van der Waals surface area contributed by atoms with E-state index in [1.54, 1.807) is 12.1 Å². The van der Waals surface area contributed by atoms with E-state index in [9.17, 15) is 10.2 Å². The van der Waals surface area contributed by atoms with Crippen molar-refractivity contribution in [2.45, 2.75) is 36.9 Å². The highest BCUT2D eigenvalue weighted by Crippen LogP contribution is 2.47. The van der Waals surface area contributed by atoms with Crippen LogP contribution in [-0.4, -0.2) is 29.9 Å². The van der Waals surface area contributed by atoms with Gasteiger partial charge in [0.15, 0.2) is 0 Å². The van der Waals surface area contributed by atoms with Gasteiger partial charge in [0.05, 0.1) is 17.6 Å². The fourth-order valence-corrected chi connectivity index (χ4v) is 2.26. The van der Waals surface area contributed by atoms with Crippen molar-refractivity contribution in [3.05, 3.63) is 35.4 Å². The topological polar surface area (TPSA) is 76.3 Å². The predicted octanol–water partition coefficient (Wildman–Crippen LogP) is 1.25. The SMILES string of the molecule is CNCCC(O)C(O)c1ccc(C2(C#N)CC2)cc1. The third-order valence-corrected chi connectivity index (χ3v) is 3.82. The van der Waals surface area contributed by atoms with E-state index >= 15 is 0 Å². The Hall–Kier alpha value is -1.41. The van der Waals surface area contributed by atoms with E-state index < -0.39 is 12.2 Å². The van der Waals surface area contributed by atoms with Gasteiger partial charge in [-0.3, -0.25) is 0 Å². The molecule has 2 rings (SSSR count). The van der Waals surface area contributed by atoms with Crippen LogP contribution >= 0.6 is 0 Å². The lowest BCUT2D eigenvalue weighted by Gasteiger charge is -2.18. The molecule has 1 aliphatic carbocycles. The van der Waals surface area contributed by atoms with E-state index in [1.807, 2.05) is 19.2 Å². The Morgan fingerprint density at radius 2 is 1.95 bits per heavy atom. The molecule has 102 valence electrons. The van der Waals surface area contributed by atoms with Crippen molar-refractivity contribution in [1.82, 2.24) is 5.32 Å². The van der Waals surface area contributed by atoms with E-state index in [0.717, 1.165) is 18.4 Å². The zero-order valence-electron chi connectivity index (χ0n) is 11.1. The fraction of sp³-hybridized carbons (Fsp3) is 0.533. The Morgan fingerprint density at radius 3 is 2.42 bits per heavy atom. The first-order valence-corrected chi connectivity index (χ1v) is 6.65. The minimum absolute atomic E-state index is 0.297. The Bertz CT molecular complexity index is 460. The van der Waals surface area contributed by atoms with Crippen molar-refractivity contribution in [2.75, 3.05) is 13.6 Å². The zero-order chi connectivity index (χ0) is 13.9. The molecule has 2 atom stereocenters. The van der Waals surface area contributed by atoms with Crippen LogP contribution in [0.4, 0.5) is 0 Å². The highest BCUT2D eigenvalue weighted by Gasteiger charge is 2.44. The van der Waals surface area contributed by atoms with Crippen molar-refractivity contribution in [1.29, 1.82) is 5.26 Å². The maximum atomic E-state index is 10.0. The molecule has 0 heterocycles. The average molecular weight is 260 g/mol. The Balaban J connectivity index is 2.04. The Morgan fingerprint density at radius 1 is 1.32 bits per heavy atom. The van der Waals surface area contributed by atoms with Crippen molar-refractivity contribution in [3.63, 3.8) is 0 Å². The molecule has 0 radical (unpaired) electrons. The number of aliphatic hydroxyl groups is 2. The summed E-state index contributed by atoms with van der Waals surface area (Å²) < 4.78 is 0. The van der Waals surface area contributed by atoms with Gasteiger partial charge >= 0.3 is 0 Å². The summed E-state index contributed by atoms with van der Waals surface area (Å²) in [5, 5.41) is 32.0. The largest absolute Gasteiger partial charge is 0.390 e. The molecule has 2 unspecified atom stereocenters. The second-order valence-electron chi connectivity index (χ2n) is 5.22. The molecule has 1 aromatic rings. The maximum Gasteiger partial charge on any atom is 0.105 e. The molecule has 1 aliphatic rings. The van der Waals surface area contributed by atoms with E-state index in [-0.39, 0.29) is 5.41 Å². The van der Waals surface area contributed by atoms with Crippen LogP contribution in [-0.2, 0) is 5.41 Å². The molecule has 0 bridgehead atoms. The minimum Gasteiger partial charge on any atom is -0.390 e. The lowest BCUT2D eigenvalue weighted by atomic mass is 9.94. The molecule has 0 aromatic heterocycles. The summed E-state index contributed by atoms with van der Waals surface area (Å²) in [7, 11) is 1.81. The van der Waals surface area contributed by atoms with E-state index in [2.05, 4.69) is 11.4 Å². The lowest BCUT2D eigenvalue weighted by Crippen LogP contribution is -2.23. The molecule has 19 heavy (non-hydrogen) atoms. The van der Waals surface area contributed by atoms with Crippen LogP contribution < -0.4 is 5.32 Å². The maximum absolute atomic E-state index is 10.0. The van der Waals surface area contributed by atoms with Gasteiger partial charge in [-0.1, -0.05) is 24.3 Å². The smallest absolute Gasteiger partial charge is 0.105 e. The van der Waals surface area contributed by atoms with E-state index in [1.165, 1.54) is 0 Å². The standard InChI is InChI=1S/C15H20N2O2/c1-17-9-6-13(18)14(19)11-2-4-12(5-3-11)15(10-16)7-8-15/h2-5,13-14,17-19H,6-9H2,1H3. The molecule has 0 aliphatic heterocycles. The first-order chi connectivity index (χ1) is 9.13. The number of hydrogen-bond acceptors (Lipinski definition) is 4. The number of nitriles is 1. The molecular formula is C15H20N2O2. The molecule has 0 saturated heterocycles. The summed E-state index contributed by atoms with van der Waals surface area (Å²) in [6.45, 7) is 0.661. The molecule has 1 fully saturated rings. The number of nitrogens with zero attached hydrogens (tertiary/aromatic N) is 1. The van der Waals surface area contributed by atoms with Crippen molar-refractivity contribution < 1.29 is 10.2 Å². The quantitative estimate of drug-likeness (QED) is 0.719. The van der Waals surface area contributed by atoms with E-state index in [0.29, 0.717) is 18.5 Å². The minimum atomic E-state index is -0.875. The van der Waals surface area contributed by atoms with Gasteiger partial charge in [-0.05, 0) is 44.0 Å². The highest BCUT2D eigenvalue weighted by atomic mass is 16.3. The molecule has 1 saturated carbocycles. The Kier molecular flexibility index (Phi) is 4.20. The number of rotatable bonds is 6. The van der Waals surface area contributed by atoms with E-state index in [4.69, 9.17) is 5.26 Å². The van der Waals surface area contributed by atoms with Gasteiger partial charge in [0.1, 0.15) is 6.10 Å². The molecular weight excluding hydrogens is 240 g/mol. The van der Waals surface area contributed by atoms with Crippen LogP contribution in [0.3, 0.4) is 0 Å². The third kappa shape index (κ3) is 2.95. The average Bonchev–Trinajstić information content (AvgIpc) is 3.25. The van der Waals surface area contributed by atoms with Crippen LogP contribution in [0.5, 0.6) is 0 Å². The number of nitrogens with one attached hydrogen (secondary N) is 1. The summed E-state index contributed by atoms with van der Waals surface area (Å²) >= 11 is 0. The number of benzene rings is 1.